The summed E-state index contributed by atoms with van der Waals surface area (Å²) in [7, 11) is 0. The third-order valence-corrected chi connectivity index (χ3v) is 1.33. The molecule has 0 fully saturated rings. The van der Waals surface area contributed by atoms with Crippen LogP contribution in [0.2, 0.25) is 0 Å². The zero-order valence-electron chi connectivity index (χ0n) is 5.59. The molecule has 0 aromatic rings. The fraction of sp³-hybridized carbons (Fsp3) is 0.250. The van der Waals surface area contributed by atoms with Gasteiger partial charge in [0.2, 0.25) is 0 Å². The van der Waals surface area contributed by atoms with E-state index in [1.54, 1.807) is 0 Å². The van der Waals surface area contributed by atoms with Gasteiger partial charge in [0.25, 0.3) is 0 Å². The average molecular weight is 121 g/mol. The first kappa shape index (κ1) is 6.14. The van der Waals surface area contributed by atoms with E-state index in [2.05, 4.69) is 13.0 Å². The molecule has 0 spiro atoms. The van der Waals surface area contributed by atoms with Crippen molar-refractivity contribution < 1.29 is 0 Å². The van der Waals surface area contributed by atoms with Gasteiger partial charge in [-0.25, -0.2) is 0 Å². The maximum Gasteiger partial charge on any atom is 0.0276 e. The molecule has 1 aliphatic carbocycles. The Morgan fingerprint density at radius 2 is 2.11 bits per heavy atom. The van der Waals surface area contributed by atoms with E-state index in [-0.39, 0.29) is 0 Å². The highest BCUT2D eigenvalue weighted by Gasteiger charge is 1.87. The summed E-state index contributed by atoms with van der Waals surface area (Å²) in [5.74, 6) is 0. The number of nitrogens with two attached hydrogens (primary N) is 1. The lowest BCUT2D eigenvalue weighted by atomic mass is 10.2. The number of hydrogen-bond acceptors (Lipinski definition) is 1. The first-order chi connectivity index (χ1) is 4.29. The zero-order valence-corrected chi connectivity index (χ0v) is 5.59. The summed E-state index contributed by atoms with van der Waals surface area (Å²) in [6.07, 6.45) is 9.08. The van der Waals surface area contributed by atoms with Gasteiger partial charge >= 0.3 is 0 Å². The molecule has 0 aromatic carbocycles. The first-order valence-corrected chi connectivity index (χ1v) is 3.09. The number of hydrogen-bond donors (Lipinski definition) is 1. The van der Waals surface area contributed by atoms with Crippen molar-refractivity contribution in [1.82, 2.24) is 0 Å². The zero-order chi connectivity index (χ0) is 6.69. The highest BCUT2D eigenvalue weighted by atomic mass is 14.5. The molecule has 0 saturated carbocycles. The van der Waals surface area contributed by atoms with Crippen molar-refractivity contribution in [1.29, 1.82) is 0 Å². The average Bonchev–Trinajstić information content (AvgIpc) is 1.97. The third kappa shape index (κ3) is 1.76. The molecule has 1 aliphatic rings. The van der Waals surface area contributed by atoms with Gasteiger partial charge in [0.1, 0.15) is 0 Å². The normalized spacial score (nSPS) is 18.3. The summed E-state index contributed by atoms with van der Waals surface area (Å²) in [4.78, 5) is 0. The fourth-order valence-electron chi connectivity index (χ4n) is 0.745. The van der Waals surface area contributed by atoms with Crippen LogP contribution in [0.5, 0.6) is 0 Å². The molecular weight excluding hydrogens is 110 g/mol. The van der Waals surface area contributed by atoms with Crippen molar-refractivity contribution in [3.63, 3.8) is 0 Å². The Labute approximate surface area is 55.6 Å². The molecule has 1 heteroatoms. The standard InChI is InChI=1S/C8H11N/c1-7-3-2-4-8(9)6-5-7/h3-6H,2,9H2,1H3. The van der Waals surface area contributed by atoms with E-state index >= 15 is 0 Å². The maximum absolute atomic E-state index is 5.54. The van der Waals surface area contributed by atoms with Crippen LogP contribution in [0.4, 0.5) is 0 Å². The van der Waals surface area contributed by atoms with Crippen LogP contribution in [0, 0.1) is 0 Å². The van der Waals surface area contributed by atoms with Crippen LogP contribution in [0.1, 0.15) is 13.3 Å². The van der Waals surface area contributed by atoms with E-state index in [9.17, 15) is 0 Å². The summed E-state index contributed by atoms with van der Waals surface area (Å²) in [5, 5.41) is 0. The van der Waals surface area contributed by atoms with Crippen LogP contribution in [-0.2, 0) is 0 Å². The highest BCUT2D eigenvalue weighted by Crippen LogP contribution is 2.05. The predicted octanol–water partition coefficient (Wildman–Crippen LogP) is 1.74. The predicted molar refractivity (Wildman–Crippen MR) is 39.8 cm³/mol. The first-order valence-electron chi connectivity index (χ1n) is 3.09. The van der Waals surface area contributed by atoms with Gasteiger partial charge in [-0.1, -0.05) is 23.8 Å². The molecule has 0 bridgehead atoms. The lowest BCUT2D eigenvalue weighted by Gasteiger charge is -1.84. The second-order valence-corrected chi connectivity index (χ2v) is 2.22. The molecule has 0 heterocycles. The van der Waals surface area contributed by atoms with Crippen molar-refractivity contribution in [2.24, 2.45) is 5.73 Å². The summed E-state index contributed by atoms with van der Waals surface area (Å²) in [6.45, 7) is 2.07. The van der Waals surface area contributed by atoms with Gasteiger partial charge in [-0.05, 0) is 19.4 Å². The molecule has 1 nitrogen and oxygen atoms in total. The van der Waals surface area contributed by atoms with Crippen LogP contribution < -0.4 is 5.73 Å². The minimum absolute atomic E-state index is 0.864. The van der Waals surface area contributed by atoms with E-state index in [0.717, 1.165) is 12.1 Å². The van der Waals surface area contributed by atoms with E-state index in [1.807, 2.05) is 18.2 Å². The maximum atomic E-state index is 5.54. The molecule has 2 N–H and O–H groups in total. The largest absolute Gasteiger partial charge is 0.399 e. The van der Waals surface area contributed by atoms with Crippen LogP contribution in [0.15, 0.2) is 35.6 Å². The van der Waals surface area contributed by atoms with Gasteiger partial charge in [-0.15, -0.1) is 0 Å². The van der Waals surface area contributed by atoms with Crippen molar-refractivity contribution in [3.8, 4) is 0 Å². The van der Waals surface area contributed by atoms with Crippen molar-refractivity contribution in [3.05, 3.63) is 35.6 Å². The topological polar surface area (TPSA) is 26.0 Å². The van der Waals surface area contributed by atoms with Gasteiger partial charge in [0.15, 0.2) is 0 Å². The molecule has 0 unspecified atom stereocenters. The minimum Gasteiger partial charge on any atom is -0.399 e. The SMILES string of the molecule is CC1=CCC=C(N)C=C1. The highest BCUT2D eigenvalue weighted by molar-refractivity contribution is 5.28. The Morgan fingerprint density at radius 1 is 1.33 bits per heavy atom. The van der Waals surface area contributed by atoms with E-state index < -0.39 is 0 Å². The Hall–Kier alpha value is -0.980. The van der Waals surface area contributed by atoms with Crippen molar-refractivity contribution in [2.45, 2.75) is 13.3 Å². The molecule has 0 aromatic heterocycles. The third-order valence-electron chi connectivity index (χ3n) is 1.33. The molecule has 48 valence electrons. The van der Waals surface area contributed by atoms with E-state index in [0.29, 0.717) is 0 Å². The monoisotopic (exact) mass is 121 g/mol. The Bertz CT molecular complexity index is 165. The Balaban J connectivity index is 2.75. The minimum atomic E-state index is 0.864. The summed E-state index contributed by atoms with van der Waals surface area (Å²) >= 11 is 0. The van der Waals surface area contributed by atoms with E-state index in [1.165, 1.54) is 5.57 Å². The van der Waals surface area contributed by atoms with Gasteiger partial charge in [-0.2, -0.15) is 0 Å². The van der Waals surface area contributed by atoms with Crippen molar-refractivity contribution in [2.75, 3.05) is 0 Å². The van der Waals surface area contributed by atoms with Crippen LogP contribution >= 0.6 is 0 Å². The van der Waals surface area contributed by atoms with Gasteiger partial charge in [0.05, 0.1) is 0 Å². The summed E-state index contributed by atoms with van der Waals surface area (Å²) in [6, 6.07) is 0. The Kier molecular flexibility index (Phi) is 1.73. The molecule has 0 amide bonds. The van der Waals surface area contributed by atoms with Gasteiger partial charge in [0, 0.05) is 5.70 Å². The quantitative estimate of drug-likeness (QED) is 0.519. The second-order valence-electron chi connectivity index (χ2n) is 2.22. The van der Waals surface area contributed by atoms with E-state index in [4.69, 9.17) is 5.73 Å². The summed E-state index contributed by atoms with van der Waals surface area (Å²) < 4.78 is 0. The Morgan fingerprint density at radius 3 is 2.89 bits per heavy atom. The molecule has 0 radical (unpaired) electrons. The smallest absolute Gasteiger partial charge is 0.0276 e. The fourth-order valence-corrected chi connectivity index (χ4v) is 0.745. The second kappa shape index (κ2) is 2.53. The van der Waals surface area contributed by atoms with Crippen LogP contribution in [-0.4, -0.2) is 0 Å². The number of allylic oxidation sites excluding steroid dienone is 5. The van der Waals surface area contributed by atoms with Gasteiger partial charge in [-0.3, -0.25) is 0 Å². The summed E-state index contributed by atoms with van der Waals surface area (Å²) in [5.41, 5.74) is 7.69. The van der Waals surface area contributed by atoms with Crippen molar-refractivity contribution >= 4 is 0 Å². The molecule has 0 saturated heterocycles. The molecule has 9 heavy (non-hydrogen) atoms. The van der Waals surface area contributed by atoms with Gasteiger partial charge < -0.3 is 5.73 Å². The van der Waals surface area contributed by atoms with Crippen LogP contribution in [0.3, 0.4) is 0 Å². The lowest BCUT2D eigenvalue weighted by Crippen LogP contribution is -1.90. The molecule has 0 atom stereocenters. The molecular formula is C8H11N. The molecule has 0 aliphatic heterocycles. The number of rotatable bonds is 0. The lowest BCUT2D eigenvalue weighted by molar-refractivity contribution is 1.30. The van der Waals surface area contributed by atoms with Crippen LogP contribution in [0.25, 0.3) is 0 Å². The molecule has 1 rings (SSSR count).